The molecule has 0 amide bonds. The molecular weight excluding hydrogens is 436 g/mol. The van der Waals surface area contributed by atoms with Gasteiger partial charge in [0, 0.05) is 32.1 Å². The largest absolute Gasteiger partial charge is 0.396 e. The zero-order valence-corrected chi connectivity index (χ0v) is 18.3. The number of halogens is 1. The van der Waals surface area contributed by atoms with Crippen molar-refractivity contribution < 1.29 is 14.4 Å². The Labute approximate surface area is 188 Å². The Morgan fingerprint density at radius 3 is 2.81 bits per heavy atom. The van der Waals surface area contributed by atoms with Crippen molar-refractivity contribution >= 4 is 28.2 Å². The van der Waals surface area contributed by atoms with Crippen LogP contribution < -0.4 is 5.56 Å². The third-order valence-electron chi connectivity index (χ3n) is 5.81. The van der Waals surface area contributed by atoms with Gasteiger partial charge in [-0.15, -0.1) is 0 Å². The topological polar surface area (TPSA) is 111 Å². The SMILES string of the molecule is CC(CO)c1noc(-c2ncn3c2c(=O)n(CCN2CCOCC2)c2c(Cl)cccc23)n1. The van der Waals surface area contributed by atoms with Gasteiger partial charge in [-0.25, -0.2) is 4.98 Å². The maximum atomic E-state index is 13.7. The van der Waals surface area contributed by atoms with E-state index in [1.807, 2.05) is 12.1 Å². The summed E-state index contributed by atoms with van der Waals surface area (Å²) in [6.07, 6.45) is 1.57. The van der Waals surface area contributed by atoms with Gasteiger partial charge >= 0.3 is 0 Å². The van der Waals surface area contributed by atoms with Crippen molar-refractivity contribution in [2.24, 2.45) is 0 Å². The number of imidazole rings is 1. The molecule has 1 aliphatic heterocycles. The molecule has 3 aromatic heterocycles. The highest BCUT2D eigenvalue weighted by Gasteiger charge is 2.23. The average Bonchev–Trinajstić information content (AvgIpc) is 3.47. The summed E-state index contributed by atoms with van der Waals surface area (Å²) >= 11 is 6.54. The summed E-state index contributed by atoms with van der Waals surface area (Å²) in [6, 6.07) is 5.52. The first-order chi connectivity index (χ1) is 15.6. The Bertz CT molecular complexity index is 1320. The van der Waals surface area contributed by atoms with E-state index >= 15 is 0 Å². The fourth-order valence-corrected chi connectivity index (χ4v) is 4.25. The second-order valence-corrected chi connectivity index (χ2v) is 8.28. The first-order valence-corrected chi connectivity index (χ1v) is 10.9. The first kappa shape index (κ1) is 21.1. The van der Waals surface area contributed by atoms with E-state index in [-0.39, 0.29) is 24.0 Å². The smallest absolute Gasteiger partial charge is 0.278 e. The molecule has 32 heavy (non-hydrogen) atoms. The van der Waals surface area contributed by atoms with Crippen molar-refractivity contribution in [3.63, 3.8) is 0 Å². The number of nitrogens with zero attached hydrogens (tertiary/aromatic N) is 6. The number of aliphatic hydroxyl groups is 1. The highest BCUT2D eigenvalue weighted by atomic mass is 35.5. The van der Waals surface area contributed by atoms with Gasteiger partial charge in [0.2, 0.25) is 0 Å². The minimum atomic E-state index is -0.286. The summed E-state index contributed by atoms with van der Waals surface area (Å²) in [4.78, 5) is 24.7. The molecule has 0 aliphatic carbocycles. The second-order valence-electron chi connectivity index (χ2n) is 7.87. The number of aromatic nitrogens is 5. The van der Waals surface area contributed by atoms with Crippen LogP contribution in [0.25, 0.3) is 28.1 Å². The molecule has 0 spiro atoms. The number of ether oxygens (including phenoxy) is 1. The maximum Gasteiger partial charge on any atom is 0.278 e. The molecule has 168 valence electrons. The summed E-state index contributed by atoms with van der Waals surface area (Å²) < 4.78 is 14.2. The van der Waals surface area contributed by atoms with Crippen LogP contribution in [0.2, 0.25) is 5.02 Å². The number of hydrogen-bond donors (Lipinski definition) is 1. The fourth-order valence-electron chi connectivity index (χ4n) is 3.98. The molecule has 0 bridgehead atoms. The standard InChI is InChI=1S/C21H23ClN6O4/c1-13(11-29)19-24-20(32-25-19)16-18-21(30)27(6-5-26-7-9-31-10-8-26)17-14(22)3-2-4-15(17)28(18)12-23-16/h2-4,12-13,29H,5-11H2,1H3. The number of fused-ring (bicyclic) bond motifs is 3. The van der Waals surface area contributed by atoms with E-state index in [4.69, 9.17) is 20.9 Å². The van der Waals surface area contributed by atoms with Gasteiger partial charge in [0.1, 0.15) is 11.8 Å². The van der Waals surface area contributed by atoms with Crippen LogP contribution in [-0.4, -0.2) is 73.6 Å². The van der Waals surface area contributed by atoms with Crippen molar-refractivity contribution in [2.45, 2.75) is 19.4 Å². The summed E-state index contributed by atoms with van der Waals surface area (Å²) in [6.45, 7) is 5.87. The molecule has 1 aliphatic rings. The molecule has 11 heteroatoms. The van der Waals surface area contributed by atoms with Crippen LogP contribution >= 0.6 is 11.6 Å². The Morgan fingerprint density at radius 2 is 2.03 bits per heavy atom. The van der Waals surface area contributed by atoms with Crippen LogP contribution in [-0.2, 0) is 11.3 Å². The number of benzene rings is 1. The Hall–Kier alpha value is -2.79. The Kier molecular flexibility index (Phi) is 5.68. The van der Waals surface area contributed by atoms with Crippen molar-refractivity contribution in [1.82, 2.24) is 29.0 Å². The summed E-state index contributed by atoms with van der Waals surface area (Å²) in [7, 11) is 0. The predicted octanol–water partition coefficient (Wildman–Crippen LogP) is 1.78. The average molecular weight is 459 g/mol. The molecule has 1 N–H and O–H groups in total. The van der Waals surface area contributed by atoms with Crippen LogP contribution in [0.4, 0.5) is 0 Å². The van der Waals surface area contributed by atoms with Crippen LogP contribution in [0.5, 0.6) is 0 Å². The van der Waals surface area contributed by atoms with Crippen LogP contribution in [0, 0.1) is 0 Å². The third-order valence-corrected chi connectivity index (χ3v) is 6.12. The molecule has 1 fully saturated rings. The van der Waals surface area contributed by atoms with E-state index in [0.717, 1.165) is 18.6 Å². The van der Waals surface area contributed by atoms with E-state index in [9.17, 15) is 9.90 Å². The number of para-hydroxylation sites is 1. The van der Waals surface area contributed by atoms with E-state index in [1.165, 1.54) is 0 Å². The molecule has 5 rings (SSSR count). The van der Waals surface area contributed by atoms with Crippen LogP contribution in [0.15, 0.2) is 33.8 Å². The van der Waals surface area contributed by atoms with Crippen molar-refractivity contribution in [3.8, 4) is 11.6 Å². The molecule has 1 aromatic carbocycles. The molecule has 1 unspecified atom stereocenters. The highest BCUT2D eigenvalue weighted by Crippen LogP contribution is 2.27. The van der Waals surface area contributed by atoms with Gasteiger partial charge in [-0.1, -0.05) is 29.7 Å². The van der Waals surface area contributed by atoms with Crippen LogP contribution in [0.1, 0.15) is 18.7 Å². The normalized spacial score (nSPS) is 16.2. The van der Waals surface area contributed by atoms with Gasteiger partial charge in [-0.3, -0.25) is 14.1 Å². The Morgan fingerprint density at radius 1 is 1.22 bits per heavy atom. The van der Waals surface area contributed by atoms with Gasteiger partial charge in [0.05, 0.1) is 35.9 Å². The van der Waals surface area contributed by atoms with E-state index < -0.39 is 0 Å². The zero-order chi connectivity index (χ0) is 22.2. The number of aliphatic hydroxyl groups excluding tert-OH is 1. The lowest BCUT2D eigenvalue weighted by Crippen LogP contribution is -2.39. The maximum absolute atomic E-state index is 13.7. The number of hydrogen-bond acceptors (Lipinski definition) is 8. The highest BCUT2D eigenvalue weighted by molar-refractivity contribution is 6.35. The monoisotopic (exact) mass is 458 g/mol. The van der Waals surface area contributed by atoms with Crippen LogP contribution in [0.3, 0.4) is 0 Å². The van der Waals surface area contributed by atoms with Gasteiger partial charge in [0.25, 0.3) is 11.4 Å². The fraction of sp³-hybridized carbons (Fsp3) is 0.429. The van der Waals surface area contributed by atoms with Gasteiger partial charge < -0.3 is 18.9 Å². The number of morpholine rings is 1. The van der Waals surface area contributed by atoms with Gasteiger partial charge in [-0.05, 0) is 12.1 Å². The van der Waals surface area contributed by atoms with E-state index in [1.54, 1.807) is 28.3 Å². The lowest BCUT2D eigenvalue weighted by Gasteiger charge is -2.27. The lowest BCUT2D eigenvalue weighted by molar-refractivity contribution is 0.0364. The molecule has 0 radical (unpaired) electrons. The molecule has 1 atom stereocenters. The molecular formula is C21H23ClN6O4. The van der Waals surface area contributed by atoms with Gasteiger partial charge in [0.15, 0.2) is 11.5 Å². The second kappa shape index (κ2) is 8.62. The minimum absolute atomic E-state index is 0.111. The third kappa shape index (κ3) is 3.58. The summed E-state index contributed by atoms with van der Waals surface area (Å²) in [5, 5.41) is 13.8. The minimum Gasteiger partial charge on any atom is -0.396 e. The van der Waals surface area contributed by atoms with E-state index in [2.05, 4.69) is 20.0 Å². The summed E-state index contributed by atoms with van der Waals surface area (Å²) in [5.74, 6) is 0.215. The predicted molar refractivity (Wildman–Crippen MR) is 118 cm³/mol. The van der Waals surface area contributed by atoms with Gasteiger partial charge in [-0.2, -0.15) is 4.98 Å². The van der Waals surface area contributed by atoms with Crippen molar-refractivity contribution in [3.05, 3.63) is 45.7 Å². The molecule has 0 saturated carbocycles. The molecule has 4 heterocycles. The summed E-state index contributed by atoms with van der Waals surface area (Å²) in [5.41, 5.74) is 1.83. The zero-order valence-electron chi connectivity index (χ0n) is 17.6. The van der Waals surface area contributed by atoms with Crippen molar-refractivity contribution in [2.75, 3.05) is 39.5 Å². The molecule has 1 saturated heterocycles. The first-order valence-electron chi connectivity index (χ1n) is 10.5. The number of rotatable bonds is 6. The Balaban J connectivity index is 1.66. The molecule has 4 aromatic rings. The quantitative estimate of drug-likeness (QED) is 0.465. The van der Waals surface area contributed by atoms with Crippen molar-refractivity contribution in [1.29, 1.82) is 0 Å². The molecule has 10 nitrogen and oxygen atoms in total. The lowest BCUT2D eigenvalue weighted by atomic mass is 10.2. The van der Waals surface area contributed by atoms with E-state index in [0.29, 0.717) is 53.9 Å².